The van der Waals surface area contributed by atoms with E-state index in [1.165, 1.54) is 51.7 Å². The minimum atomic E-state index is 0.869. The summed E-state index contributed by atoms with van der Waals surface area (Å²) in [7, 11) is 0. The Kier molecular flexibility index (Phi) is 6.20. The Bertz CT molecular complexity index is 128. The van der Waals surface area contributed by atoms with Crippen molar-refractivity contribution in [2.24, 2.45) is 5.92 Å². The molecule has 0 amide bonds. The minimum absolute atomic E-state index is 0.869. The van der Waals surface area contributed by atoms with Gasteiger partial charge in [-0.1, -0.05) is 26.7 Å². The zero-order valence-electron chi connectivity index (χ0n) is 9.81. The average Bonchev–Trinajstić information content (AvgIpc) is 3.01. The van der Waals surface area contributed by atoms with Crippen molar-refractivity contribution in [2.75, 3.05) is 19.6 Å². The van der Waals surface area contributed by atoms with Crippen molar-refractivity contribution >= 4 is 0 Å². The Morgan fingerprint density at radius 1 is 1.14 bits per heavy atom. The van der Waals surface area contributed by atoms with E-state index in [2.05, 4.69) is 24.5 Å². The van der Waals surface area contributed by atoms with E-state index in [4.69, 9.17) is 0 Å². The second kappa shape index (κ2) is 7.24. The number of nitrogens with one attached hydrogen (secondary N) is 2. The smallest absolute Gasteiger partial charge is 0.00682 e. The zero-order valence-corrected chi connectivity index (χ0v) is 9.81. The van der Waals surface area contributed by atoms with Gasteiger partial charge in [-0.2, -0.15) is 0 Å². The van der Waals surface area contributed by atoms with Crippen LogP contribution < -0.4 is 10.6 Å². The standard InChI is InChI=1S/C12H26N2/c1-3-11(4-2)10-13-8-5-9-14-12-6-7-12/h11-14H,3-10H2,1-2H3. The van der Waals surface area contributed by atoms with Crippen molar-refractivity contribution in [1.29, 1.82) is 0 Å². The molecule has 0 atom stereocenters. The van der Waals surface area contributed by atoms with E-state index in [1.807, 2.05) is 0 Å². The molecule has 0 aliphatic heterocycles. The summed E-state index contributed by atoms with van der Waals surface area (Å²) in [5, 5.41) is 7.07. The van der Waals surface area contributed by atoms with Gasteiger partial charge < -0.3 is 10.6 Å². The quantitative estimate of drug-likeness (QED) is 0.555. The van der Waals surface area contributed by atoms with Gasteiger partial charge in [0.1, 0.15) is 0 Å². The Labute approximate surface area is 88.8 Å². The van der Waals surface area contributed by atoms with Crippen LogP contribution in [-0.4, -0.2) is 25.7 Å². The van der Waals surface area contributed by atoms with Gasteiger partial charge in [-0.05, 0) is 44.8 Å². The highest BCUT2D eigenvalue weighted by molar-refractivity contribution is 4.80. The van der Waals surface area contributed by atoms with E-state index in [0.29, 0.717) is 0 Å². The lowest BCUT2D eigenvalue weighted by atomic mass is 10.0. The van der Waals surface area contributed by atoms with Gasteiger partial charge in [0.05, 0.1) is 0 Å². The van der Waals surface area contributed by atoms with E-state index >= 15 is 0 Å². The van der Waals surface area contributed by atoms with Crippen molar-refractivity contribution in [3.63, 3.8) is 0 Å². The average molecular weight is 198 g/mol. The van der Waals surface area contributed by atoms with Crippen LogP contribution in [0, 0.1) is 5.92 Å². The van der Waals surface area contributed by atoms with Crippen molar-refractivity contribution in [3.8, 4) is 0 Å². The minimum Gasteiger partial charge on any atom is -0.316 e. The number of rotatable bonds is 9. The Morgan fingerprint density at radius 3 is 2.43 bits per heavy atom. The summed E-state index contributed by atoms with van der Waals surface area (Å²) in [5.41, 5.74) is 0. The van der Waals surface area contributed by atoms with Crippen LogP contribution in [-0.2, 0) is 0 Å². The molecule has 1 saturated carbocycles. The summed E-state index contributed by atoms with van der Waals surface area (Å²) in [6.07, 6.45) is 6.70. The first-order chi connectivity index (χ1) is 6.86. The molecule has 0 heterocycles. The van der Waals surface area contributed by atoms with Crippen LogP contribution in [0.4, 0.5) is 0 Å². The highest BCUT2D eigenvalue weighted by atomic mass is 14.9. The Morgan fingerprint density at radius 2 is 1.86 bits per heavy atom. The maximum Gasteiger partial charge on any atom is 0.00682 e. The van der Waals surface area contributed by atoms with Crippen LogP contribution in [0.5, 0.6) is 0 Å². The third-order valence-electron chi connectivity index (χ3n) is 3.13. The summed E-state index contributed by atoms with van der Waals surface area (Å²) in [4.78, 5) is 0. The molecule has 0 radical (unpaired) electrons. The number of hydrogen-bond donors (Lipinski definition) is 2. The molecular formula is C12H26N2. The van der Waals surface area contributed by atoms with Crippen LogP contribution >= 0.6 is 0 Å². The van der Waals surface area contributed by atoms with E-state index in [9.17, 15) is 0 Å². The predicted octanol–water partition coefficient (Wildman–Crippen LogP) is 2.15. The van der Waals surface area contributed by atoms with Gasteiger partial charge in [0, 0.05) is 6.04 Å². The lowest BCUT2D eigenvalue weighted by Gasteiger charge is -2.13. The third-order valence-corrected chi connectivity index (χ3v) is 3.13. The molecule has 14 heavy (non-hydrogen) atoms. The molecule has 0 aromatic rings. The molecule has 0 bridgehead atoms. The van der Waals surface area contributed by atoms with E-state index in [1.54, 1.807) is 0 Å². The predicted molar refractivity (Wildman–Crippen MR) is 62.6 cm³/mol. The van der Waals surface area contributed by atoms with Crippen molar-refractivity contribution < 1.29 is 0 Å². The largest absolute Gasteiger partial charge is 0.316 e. The highest BCUT2D eigenvalue weighted by Crippen LogP contribution is 2.18. The molecule has 0 aromatic heterocycles. The van der Waals surface area contributed by atoms with Gasteiger partial charge in [-0.3, -0.25) is 0 Å². The molecule has 2 N–H and O–H groups in total. The van der Waals surface area contributed by atoms with Gasteiger partial charge in [0.15, 0.2) is 0 Å². The SMILES string of the molecule is CCC(CC)CNCCCNC1CC1. The summed E-state index contributed by atoms with van der Waals surface area (Å²) in [6, 6.07) is 0.869. The van der Waals surface area contributed by atoms with Crippen LogP contribution in [0.15, 0.2) is 0 Å². The van der Waals surface area contributed by atoms with Crippen molar-refractivity contribution in [2.45, 2.75) is 52.0 Å². The topological polar surface area (TPSA) is 24.1 Å². The maximum atomic E-state index is 3.54. The summed E-state index contributed by atoms with van der Waals surface area (Å²) >= 11 is 0. The third kappa shape index (κ3) is 5.61. The van der Waals surface area contributed by atoms with E-state index in [0.717, 1.165) is 12.0 Å². The molecular weight excluding hydrogens is 172 g/mol. The second-order valence-electron chi connectivity index (χ2n) is 4.47. The molecule has 2 heteroatoms. The zero-order chi connectivity index (χ0) is 10.2. The molecule has 1 fully saturated rings. The molecule has 84 valence electrons. The molecule has 2 nitrogen and oxygen atoms in total. The Hall–Kier alpha value is -0.0800. The maximum absolute atomic E-state index is 3.54. The van der Waals surface area contributed by atoms with E-state index in [-0.39, 0.29) is 0 Å². The second-order valence-corrected chi connectivity index (χ2v) is 4.47. The van der Waals surface area contributed by atoms with Gasteiger partial charge in [0.25, 0.3) is 0 Å². The van der Waals surface area contributed by atoms with Crippen LogP contribution in [0.2, 0.25) is 0 Å². The van der Waals surface area contributed by atoms with Gasteiger partial charge in [-0.15, -0.1) is 0 Å². The molecule has 0 unspecified atom stereocenters. The lowest BCUT2D eigenvalue weighted by Crippen LogP contribution is -2.26. The normalized spacial score (nSPS) is 16.5. The summed E-state index contributed by atoms with van der Waals surface area (Å²) in [6.45, 7) is 8.14. The van der Waals surface area contributed by atoms with E-state index < -0.39 is 0 Å². The first-order valence-electron chi connectivity index (χ1n) is 6.30. The van der Waals surface area contributed by atoms with Crippen molar-refractivity contribution in [3.05, 3.63) is 0 Å². The molecule has 1 aliphatic carbocycles. The summed E-state index contributed by atoms with van der Waals surface area (Å²) < 4.78 is 0. The first kappa shape index (κ1) is 12.0. The highest BCUT2D eigenvalue weighted by Gasteiger charge is 2.19. The molecule has 1 aliphatic rings. The number of hydrogen-bond acceptors (Lipinski definition) is 2. The first-order valence-corrected chi connectivity index (χ1v) is 6.30. The Balaban J connectivity index is 1.78. The molecule has 1 rings (SSSR count). The lowest BCUT2D eigenvalue weighted by molar-refractivity contribution is 0.445. The van der Waals surface area contributed by atoms with Crippen LogP contribution in [0.1, 0.15) is 46.0 Å². The van der Waals surface area contributed by atoms with Gasteiger partial charge >= 0.3 is 0 Å². The van der Waals surface area contributed by atoms with Gasteiger partial charge in [0.2, 0.25) is 0 Å². The van der Waals surface area contributed by atoms with Gasteiger partial charge in [-0.25, -0.2) is 0 Å². The summed E-state index contributed by atoms with van der Waals surface area (Å²) in [5.74, 6) is 0.881. The molecule has 0 spiro atoms. The monoisotopic (exact) mass is 198 g/mol. The molecule has 0 aromatic carbocycles. The molecule has 0 saturated heterocycles. The van der Waals surface area contributed by atoms with Crippen LogP contribution in [0.3, 0.4) is 0 Å². The van der Waals surface area contributed by atoms with Crippen molar-refractivity contribution in [1.82, 2.24) is 10.6 Å². The fourth-order valence-corrected chi connectivity index (χ4v) is 1.69. The fourth-order valence-electron chi connectivity index (χ4n) is 1.69. The fraction of sp³-hybridized carbons (Fsp3) is 1.00. The van der Waals surface area contributed by atoms with Crippen LogP contribution in [0.25, 0.3) is 0 Å².